The maximum atomic E-state index is 11.5. The molecule has 2 aromatic carbocycles. The highest BCUT2D eigenvalue weighted by Crippen LogP contribution is 2.15. The summed E-state index contributed by atoms with van der Waals surface area (Å²) in [7, 11) is -3.16. The molecule has 0 heterocycles. The van der Waals surface area contributed by atoms with Crippen LogP contribution in [0.15, 0.2) is 58.4 Å². The van der Waals surface area contributed by atoms with Crippen molar-refractivity contribution in [2.75, 3.05) is 19.3 Å². The fourth-order valence-electron chi connectivity index (χ4n) is 2.92. The number of hydrogen-bond acceptors (Lipinski definition) is 3. The van der Waals surface area contributed by atoms with E-state index in [0.29, 0.717) is 17.4 Å². The monoisotopic (exact) mass is 543 g/mol. The van der Waals surface area contributed by atoms with Gasteiger partial charge in [0, 0.05) is 19.3 Å². The average Bonchev–Trinajstić information content (AvgIpc) is 2.69. The van der Waals surface area contributed by atoms with Crippen molar-refractivity contribution in [3.05, 3.63) is 65.2 Å². The van der Waals surface area contributed by atoms with E-state index < -0.39 is 9.84 Å². The number of nitrogens with zero attached hydrogens (tertiary/aromatic N) is 1. The van der Waals surface area contributed by atoms with Gasteiger partial charge in [-0.1, -0.05) is 50.2 Å². The number of sulfone groups is 1. The number of nitrogens with one attached hydrogen (secondary N) is 2. The molecule has 0 aromatic heterocycles. The summed E-state index contributed by atoms with van der Waals surface area (Å²) < 4.78 is 23.1. The molecule has 2 rings (SSSR count). The second kappa shape index (κ2) is 12.9. The molecule has 7 heteroatoms. The predicted octanol–water partition coefficient (Wildman–Crippen LogP) is 4.52. The van der Waals surface area contributed by atoms with Crippen LogP contribution in [-0.2, 0) is 22.8 Å². The van der Waals surface area contributed by atoms with Gasteiger partial charge in [-0.25, -0.2) is 13.4 Å². The minimum absolute atomic E-state index is 0. The van der Waals surface area contributed by atoms with Gasteiger partial charge in [0.05, 0.1) is 11.4 Å². The molecule has 0 saturated carbocycles. The Labute approximate surface area is 198 Å². The summed E-state index contributed by atoms with van der Waals surface area (Å²) in [6, 6.07) is 15.7. The second-order valence-corrected chi connectivity index (χ2v) is 9.55. The van der Waals surface area contributed by atoms with Gasteiger partial charge >= 0.3 is 0 Å². The Morgan fingerprint density at radius 2 is 1.57 bits per heavy atom. The lowest BCUT2D eigenvalue weighted by molar-refractivity contribution is 0.602. The number of aryl methyl sites for hydroxylation is 1. The molecule has 30 heavy (non-hydrogen) atoms. The predicted molar refractivity (Wildman–Crippen MR) is 137 cm³/mol. The zero-order valence-corrected chi connectivity index (χ0v) is 21.5. The van der Waals surface area contributed by atoms with Gasteiger partial charge in [-0.15, -0.1) is 24.0 Å². The normalized spacial score (nSPS) is 11.8. The molecular weight excluding hydrogens is 509 g/mol. The maximum absolute atomic E-state index is 11.5. The Morgan fingerprint density at radius 3 is 2.10 bits per heavy atom. The minimum Gasteiger partial charge on any atom is -0.357 e. The van der Waals surface area contributed by atoms with Crippen LogP contribution in [-0.4, -0.2) is 33.7 Å². The van der Waals surface area contributed by atoms with Gasteiger partial charge in [-0.3, -0.25) is 0 Å². The van der Waals surface area contributed by atoms with Crippen molar-refractivity contribution in [2.45, 2.75) is 51.0 Å². The van der Waals surface area contributed by atoms with E-state index in [1.165, 1.54) is 17.4 Å². The zero-order valence-electron chi connectivity index (χ0n) is 18.3. The van der Waals surface area contributed by atoms with Crippen molar-refractivity contribution in [1.29, 1.82) is 0 Å². The van der Waals surface area contributed by atoms with Crippen molar-refractivity contribution < 1.29 is 8.42 Å². The highest BCUT2D eigenvalue weighted by Gasteiger charge is 2.06. The van der Waals surface area contributed by atoms with Crippen molar-refractivity contribution in [3.8, 4) is 0 Å². The van der Waals surface area contributed by atoms with Crippen molar-refractivity contribution in [3.63, 3.8) is 0 Å². The fraction of sp³-hybridized carbons (Fsp3) is 0.435. The number of aliphatic imine (C=N–C) groups is 1. The first-order chi connectivity index (χ1) is 13.8. The number of halogens is 1. The van der Waals surface area contributed by atoms with Crippen molar-refractivity contribution in [1.82, 2.24) is 10.6 Å². The van der Waals surface area contributed by atoms with E-state index in [2.05, 4.69) is 53.7 Å². The molecule has 0 atom stereocenters. The molecule has 0 saturated heterocycles. The van der Waals surface area contributed by atoms with Gasteiger partial charge < -0.3 is 10.6 Å². The lowest BCUT2D eigenvalue weighted by Gasteiger charge is -2.12. The van der Waals surface area contributed by atoms with Crippen LogP contribution in [0.2, 0.25) is 0 Å². The standard InChI is InChI=1S/C23H33N3O2S.HI/c1-5-24-23(26-17-20-10-14-22(15-11-20)29(4,27)28)25-16-6-7-19-8-12-21(13-9-19)18(2)3;/h8-15,18H,5-7,16-17H2,1-4H3,(H2,24,25,26);1H. The van der Waals surface area contributed by atoms with E-state index in [0.717, 1.165) is 37.5 Å². The molecule has 0 aliphatic carbocycles. The van der Waals surface area contributed by atoms with Crippen LogP contribution < -0.4 is 10.6 Å². The minimum atomic E-state index is -3.16. The smallest absolute Gasteiger partial charge is 0.191 e. The third-order valence-electron chi connectivity index (χ3n) is 4.70. The summed E-state index contributed by atoms with van der Waals surface area (Å²) in [4.78, 5) is 4.93. The SMILES string of the molecule is CCNC(=NCc1ccc(S(C)(=O)=O)cc1)NCCCc1ccc(C(C)C)cc1.I. The molecule has 166 valence electrons. The van der Waals surface area contributed by atoms with E-state index in [9.17, 15) is 8.42 Å². The third kappa shape index (κ3) is 9.04. The summed E-state index contributed by atoms with van der Waals surface area (Å²) in [5.41, 5.74) is 3.70. The summed E-state index contributed by atoms with van der Waals surface area (Å²) in [6.45, 7) is 8.58. The van der Waals surface area contributed by atoms with Crippen LogP contribution in [0.3, 0.4) is 0 Å². The summed E-state index contributed by atoms with van der Waals surface area (Å²) in [5.74, 6) is 1.34. The Kier molecular flexibility index (Phi) is 11.4. The zero-order chi connectivity index (χ0) is 21.3. The lowest BCUT2D eigenvalue weighted by atomic mass is 10.0. The number of hydrogen-bond donors (Lipinski definition) is 2. The summed E-state index contributed by atoms with van der Waals surface area (Å²) in [5, 5.41) is 6.62. The summed E-state index contributed by atoms with van der Waals surface area (Å²) >= 11 is 0. The molecule has 0 unspecified atom stereocenters. The Hall–Kier alpha value is -1.61. The van der Waals surface area contributed by atoms with Crippen LogP contribution in [0.1, 0.15) is 49.8 Å². The lowest BCUT2D eigenvalue weighted by Crippen LogP contribution is -2.37. The van der Waals surface area contributed by atoms with E-state index in [4.69, 9.17) is 0 Å². The molecule has 0 aliphatic heterocycles. The summed E-state index contributed by atoms with van der Waals surface area (Å²) in [6.07, 6.45) is 3.26. The molecule has 2 aromatic rings. The van der Waals surface area contributed by atoms with E-state index in [1.807, 2.05) is 19.1 Å². The first-order valence-corrected chi connectivity index (χ1v) is 12.1. The molecule has 2 N–H and O–H groups in total. The maximum Gasteiger partial charge on any atom is 0.191 e. The molecule has 5 nitrogen and oxygen atoms in total. The van der Waals surface area contributed by atoms with Gasteiger partial charge in [0.2, 0.25) is 0 Å². The Morgan fingerprint density at radius 1 is 0.967 bits per heavy atom. The average molecular weight is 544 g/mol. The Balaban J connectivity index is 0.00000450. The second-order valence-electron chi connectivity index (χ2n) is 7.54. The fourth-order valence-corrected chi connectivity index (χ4v) is 3.55. The van der Waals surface area contributed by atoms with E-state index in [-0.39, 0.29) is 24.0 Å². The highest BCUT2D eigenvalue weighted by atomic mass is 127. The highest BCUT2D eigenvalue weighted by molar-refractivity contribution is 14.0. The molecule has 0 spiro atoms. The topological polar surface area (TPSA) is 70.6 Å². The Bertz CT molecular complexity index is 893. The van der Waals surface area contributed by atoms with E-state index >= 15 is 0 Å². The van der Waals surface area contributed by atoms with Gasteiger partial charge in [0.1, 0.15) is 0 Å². The van der Waals surface area contributed by atoms with Crippen LogP contribution in [0.4, 0.5) is 0 Å². The first kappa shape index (κ1) is 26.4. The molecule has 0 aliphatic rings. The van der Waals surface area contributed by atoms with Crippen LogP contribution in [0, 0.1) is 0 Å². The van der Waals surface area contributed by atoms with Gasteiger partial charge in [-0.2, -0.15) is 0 Å². The van der Waals surface area contributed by atoms with Gasteiger partial charge in [0.25, 0.3) is 0 Å². The molecule has 0 radical (unpaired) electrons. The molecule has 0 fully saturated rings. The number of benzene rings is 2. The van der Waals surface area contributed by atoms with Crippen LogP contribution in [0.5, 0.6) is 0 Å². The largest absolute Gasteiger partial charge is 0.357 e. The third-order valence-corrected chi connectivity index (χ3v) is 5.83. The van der Waals surface area contributed by atoms with Crippen molar-refractivity contribution >= 4 is 39.8 Å². The van der Waals surface area contributed by atoms with Gasteiger partial charge in [-0.05, 0) is 54.5 Å². The number of guanidine groups is 1. The van der Waals surface area contributed by atoms with Crippen LogP contribution >= 0.6 is 24.0 Å². The first-order valence-electron chi connectivity index (χ1n) is 10.2. The number of rotatable bonds is 9. The van der Waals surface area contributed by atoms with E-state index in [1.54, 1.807) is 12.1 Å². The van der Waals surface area contributed by atoms with Crippen molar-refractivity contribution in [2.24, 2.45) is 4.99 Å². The molecule has 0 amide bonds. The molecule has 0 bridgehead atoms. The van der Waals surface area contributed by atoms with Crippen LogP contribution in [0.25, 0.3) is 0 Å². The molecular formula is C23H34IN3O2S. The van der Waals surface area contributed by atoms with Gasteiger partial charge in [0.15, 0.2) is 15.8 Å². The quantitative estimate of drug-likeness (QED) is 0.211.